The van der Waals surface area contributed by atoms with E-state index in [1.807, 2.05) is 0 Å². The molecule has 0 amide bonds. The molecule has 0 aromatic heterocycles. The Hall–Kier alpha value is -2.44. The van der Waals surface area contributed by atoms with E-state index in [1.165, 1.54) is 12.1 Å². The van der Waals surface area contributed by atoms with Gasteiger partial charge in [-0.3, -0.25) is 9.59 Å². The van der Waals surface area contributed by atoms with Gasteiger partial charge in [0.05, 0.1) is 0 Å². The van der Waals surface area contributed by atoms with Crippen LogP contribution in [0.4, 0.5) is 0 Å². The lowest BCUT2D eigenvalue weighted by Gasteiger charge is -1.95. The molecule has 0 saturated heterocycles. The molecule has 0 aliphatic heterocycles. The van der Waals surface area contributed by atoms with Gasteiger partial charge in [0, 0.05) is 6.07 Å². The molecule has 7 heteroatoms. The van der Waals surface area contributed by atoms with E-state index < -0.39 is 17.9 Å². The molecule has 1 aromatic rings. The predicted molar refractivity (Wildman–Crippen MR) is 55.9 cm³/mol. The number of hydrogen-bond acceptors (Lipinski definition) is 5. The second kappa shape index (κ2) is 6.21. The van der Waals surface area contributed by atoms with Gasteiger partial charge in [-0.2, -0.15) is 0 Å². The van der Waals surface area contributed by atoms with Gasteiger partial charge < -0.3 is 25.5 Å². The van der Waals surface area contributed by atoms with E-state index in [0.717, 1.165) is 13.0 Å². The Bertz CT molecular complexity index is 399. The molecule has 5 N–H and O–H groups in total. The number of carboxylic acid groups (broad SMARTS) is 2. The van der Waals surface area contributed by atoms with Crippen LogP contribution >= 0.6 is 0 Å². The number of phenolic OH excluding ortho intramolecular Hbond substituents is 3. The van der Waals surface area contributed by atoms with Crippen LogP contribution in [0.2, 0.25) is 0 Å². The first-order valence-corrected chi connectivity index (χ1v) is 4.42. The number of hydrogen-bond donors (Lipinski definition) is 5. The number of aromatic hydroxyl groups is 3. The molecular weight excluding hydrogens is 232 g/mol. The van der Waals surface area contributed by atoms with E-state index in [-0.39, 0.29) is 17.2 Å². The van der Waals surface area contributed by atoms with Crippen LogP contribution in [0.5, 0.6) is 17.2 Å². The van der Waals surface area contributed by atoms with Crippen molar-refractivity contribution in [2.45, 2.75) is 6.92 Å². The minimum Gasteiger partial charge on any atom is -0.508 e. The molecule has 0 unspecified atom stereocenters. The van der Waals surface area contributed by atoms with E-state index in [1.54, 1.807) is 0 Å². The maximum Gasteiger partial charge on any atom is 0.317 e. The van der Waals surface area contributed by atoms with Crippen molar-refractivity contribution >= 4 is 11.9 Å². The van der Waals surface area contributed by atoms with E-state index in [0.29, 0.717) is 0 Å². The van der Waals surface area contributed by atoms with Crippen LogP contribution in [0.15, 0.2) is 18.2 Å². The highest BCUT2D eigenvalue weighted by molar-refractivity contribution is 5.92. The lowest BCUT2D eigenvalue weighted by atomic mass is 10.2. The van der Waals surface area contributed by atoms with Gasteiger partial charge in [-0.1, -0.05) is 0 Å². The number of benzene rings is 1. The Morgan fingerprint density at radius 3 is 1.71 bits per heavy atom. The topological polar surface area (TPSA) is 135 Å². The molecule has 0 bridgehead atoms. The monoisotopic (exact) mass is 244 g/mol. The van der Waals surface area contributed by atoms with Gasteiger partial charge in [-0.25, -0.2) is 0 Å². The Morgan fingerprint density at radius 2 is 1.47 bits per heavy atom. The lowest BCUT2D eigenvalue weighted by molar-refractivity contribution is -0.153. The summed E-state index contributed by atoms with van der Waals surface area (Å²) in [6.45, 7) is 1.12. The van der Waals surface area contributed by atoms with Crippen LogP contribution in [0.1, 0.15) is 6.92 Å². The van der Waals surface area contributed by atoms with Gasteiger partial charge in [-0.15, -0.1) is 0 Å². The number of carboxylic acids is 2. The molecule has 0 fully saturated rings. The molecule has 0 spiro atoms. The van der Waals surface area contributed by atoms with E-state index in [9.17, 15) is 9.59 Å². The summed E-state index contributed by atoms with van der Waals surface area (Å²) in [6, 6.07) is 3.56. The van der Waals surface area contributed by atoms with E-state index in [2.05, 4.69) is 0 Å². The standard InChI is InChI=1S/C6H6O3.C4H6O4/c7-4-1-2-5(8)6(9)3-4;1-2(3(5)6)4(7)8/h1-3,7-9H;2H,1H3,(H,5,6)(H,7,8). The first kappa shape index (κ1) is 14.6. The molecule has 7 nitrogen and oxygen atoms in total. The summed E-state index contributed by atoms with van der Waals surface area (Å²) in [7, 11) is 0. The third-order valence-corrected chi connectivity index (χ3v) is 1.70. The normalized spacial score (nSPS) is 9.29. The smallest absolute Gasteiger partial charge is 0.317 e. The molecule has 17 heavy (non-hydrogen) atoms. The third kappa shape index (κ3) is 5.26. The van der Waals surface area contributed by atoms with Crippen LogP contribution in [0.3, 0.4) is 0 Å². The summed E-state index contributed by atoms with van der Waals surface area (Å²) < 4.78 is 0. The molecular formula is C10H12O7. The van der Waals surface area contributed by atoms with Crippen molar-refractivity contribution in [2.75, 3.05) is 0 Å². The van der Waals surface area contributed by atoms with E-state index in [4.69, 9.17) is 25.5 Å². The van der Waals surface area contributed by atoms with Gasteiger partial charge in [0.15, 0.2) is 17.4 Å². The summed E-state index contributed by atoms with van der Waals surface area (Å²) in [5, 5.41) is 42.0. The quantitative estimate of drug-likeness (QED) is 0.292. The van der Waals surface area contributed by atoms with Crippen molar-refractivity contribution < 1.29 is 35.1 Å². The summed E-state index contributed by atoms with van der Waals surface area (Å²) >= 11 is 0. The van der Waals surface area contributed by atoms with Crippen LogP contribution in [0, 0.1) is 5.92 Å². The van der Waals surface area contributed by atoms with Crippen molar-refractivity contribution in [2.24, 2.45) is 5.92 Å². The maximum absolute atomic E-state index is 9.76. The zero-order chi connectivity index (χ0) is 13.6. The van der Waals surface area contributed by atoms with Gasteiger partial charge >= 0.3 is 11.9 Å². The van der Waals surface area contributed by atoms with Crippen molar-refractivity contribution in [1.82, 2.24) is 0 Å². The van der Waals surface area contributed by atoms with Crippen LogP contribution in [-0.2, 0) is 9.59 Å². The first-order chi connectivity index (χ1) is 7.75. The zero-order valence-electron chi connectivity index (χ0n) is 8.86. The van der Waals surface area contributed by atoms with Crippen molar-refractivity contribution in [3.8, 4) is 17.2 Å². The highest BCUT2D eigenvalue weighted by Crippen LogP contribution is 2.27. The first-order valence-electron chi connectivity index (χ1n) is 4.42. The fourth-order valence-corrected chi connectivity index (χ4v) is 0.617. The van der Waals surface area contributed by atoms with Crippen LogP contribution in [-0.4, -0.2) is 37.5 Å². The minimum absolute atomic E-state index is 0.0645. The van der Waals surface area contributed by atoms with Gasteiger partial charge in [0.2, 0.25) is 0 Å². The summed E-state index contributed by atoms with van der Waals surface area (Å²) in [6.07, 6.45) is 0. The number of aliphatic carboxylic acids is 2. The summed E-state index contributed by atoms with van der Waals surface area (Å²) in [5.41, 5.74) is 0. The summed E-state index contributed by atoms with van der Waals surface area (Å²) in [4.78, 5) is 19.5. The number of rotatable bonds is 2. The predicted octanol–water partition coefficient (Wildman–Crippen LogP) is 0.595. The highest BCUT2D eigenvalue weighted by atomic mass is 16.4. The molecule has 0 radical (unpaired) electrons. The molecule has 0 heterocycles. The third-order valence-electron chi connectivity index (χ3n) is 1.70. The lowest BCUT2D eigenvalue weighted by Crippen LogP contribution is -2.19. The second-order valence-corrected chi connectivity index (χ2v) is 3.07. The SMILES string of the molecule is CC(C(=O)O)C(=O)O.Oc1ccc(O)c(O)c1. The molecule has 94 valence electrons. The van der Waals surface area contributed by atoms with Gasteiger partial charge in [-0.05, 0) is 19.1 Å². The van der Waals surface area contributed by atoms with Crippen LogP contribution < -0.4 is 0 Å². The Morgan fingerprint density at radius 1 is 1.00 bits per heavy atom. The van der Waals surface area contributed by atoms with Crippen molar-refractivity contribution in [3.05, 3.63) is 18.2 Å². The molecule has 0 aliphatic carbocycles. The molecule has 0 saturated carbocycles. The van der Waals surface area contributed by atoms with E-state index >= 15 is 0 Å². The minimum atomic E-state index is -1.31. The van der Waals surface area contributed by atoms with Gasteiger partial charge in [0.1, 0.15) is 5.75 Å². The summed E-state index contributed by atoms with van der Waals surface area (Å²) in [5.74, 6) is -4.52. The van der Waals surface area contributed by atoms with Crippen LogP contribution in [0.25, 0.3) is 0 Å². The highest BCUT2D eigenvalue weighted by Gasteiger charge is 2.18. The molecule has 1 aromatic carbocycles. The molecule has 0 aliphatic rings. The fourth-order valence-electron chi connectivity index (χ4n) is 0.617. The Kier molecular flexibility index (Phi) is 5.32. The number of carbonyl (C=O) groups is 2. The maximum atomic E-state index is 9.76. The van der Waals surface area contributed by atoms with Crippen molar-refractivity contribution in [3.63, 3.8) is 0 Å². The number of phenols is 3. The Balaban J connectivity index is 0.000000304. The average molecular weight is 244 g/mol. The Labute approximate surface area is 96.2 Å². The second-order valence-electron chi connectivity index (χ2n) is 3.07. The molecule has 1 rings (SSSR count). The zero-order valence-corrected chi connectivity index (χ0v) is 8.86. The largest absolute Gasteiger partial charge is 0.508 e. The fraction of sp³-hybridized carbons (Fsp3) is 0.200. The van der Waals surface area contributed by atoms with Crippen molar-refractivity contribution in [1.29, 1.82) is 0 Å². The van der Waals surface area contributed by atoms with Gasteiger partial charge in [0.25, 0.3) is 0 Å². The average Bonchev–Trinajstić information content (AvgIpc) is 2.23. The molecule has 0 atom stereocenters.